The lowest BCUT2D eigenvalue weighted by Gasteiger charge is -2.19. The number of para-hydroxylation sites is 1. The molecule has 0 saturated carbocycles. The molecule has 1 aliphatic carbocycles. The maximum absolute atomic E-state index is 12.2. The number of hydrogen-bond donors (Lipinski definition) is 1. The Labute approximate surface area is 168 Å². The van der Waals surface area contributed by atoms with Crippen LogP contribution in [0.4, 0.5) is 11.9 Å². The van der Waals surface area contributed by atoms with Gasteiger partial charge in [0.1, 0.15) is 0 Å². The van der Waals surface area contributed by atoms with E-state index in [0.29, 0.717) is 29.8 Å². The molecule has 0 unspecified atom stereocenters. The maximum atomic E-state index is 12.2. The topological polar surface area (TPSA) is 80.7 Å². The van der Waals surface area contributed by atoms with E-state index in [2.05, 4.69) is 27.2 Å². The van der Waals surface area contributed by atoms with Crippen molar-refractivity contribution in [2.75, 3.05) is 5.32 Å². The summed E-state index contributed by atoms with van der Waals surface area (Å²) in [6, 6.07) is 17.9. The van der Waals surface area contributed by atoms with Crippen molar-refractivity contribution in [1.82, 2.24) is 19.9 Å². The number of Topliss-reactive ketones (excluding diaryl/α,β-unsaturated/α-hetero) is 1. The predicted octanol–water partition coefficient (Wildman–Crippen LogP) is 4.60. The molecule has 0 amide bonds. The second kappa shape index (κ2) is 7.05. The number of benzene rings is 2. The molecular weight excluding hydrogens is 362 g/mol. The molecule has 0 fully saturated rings. The minimum absolute atomic E-state index is 0.110. The molecule has 5 rings (SSSR count). The molecule has 6 heteroatoms. The quantitative estimate of drug-likeness (QED) is 0.559. The Morgan fingerprint density at radius 1 is 0.897 bits per heavy atom. The lowest BCUT2D eigenvalue weighted by molar-refractivity contribution is 0.0951. The van der Waals surface area contributed by atoms with Crippen molar-refractivity contribution in [2.24, 2.45) is 5.92 Å². The largest absolute Gasteiger partial charge is 0.294 e. The second-order valence-corrected chi connectivity index (χ2v) is 7.39. The van der Waals surface area contributed by atoms with E-state index in [1.54, 1.807) is 6.20 Å². The third kappa shape index (κ3) is 3.33. The van der Waals surface area contributed by atoms with Gasteiger partial charge in [0.2, 0.25) is 11.9 Å². The molecule has 2 heterocycles. The molecule has 1 N–H and O–H groups in total. The van der Waals surface area contributed by atoms with Crippen LogP contribution in [0.3, 0.4) is 0 Å². The van der Waals surface area contributed by atoms with E-state index in [1.807, 2.05) is 54.6 Å². The van der Waals surface area contributed by atoms with Gasteiger partial charge in [0, 0.05) is 23.6 Å². The van der Waals surface area contributed by atoms with Crippen LogP contribution in [0.5, 0.6) is 0 Å². The van der Waals surface area contributed by atoms with Crippen molar-refractivity contribution in [3.8, 4) is 11.3 Å². The third-order valence-electron chi connectivity index (χ3n) is 5.12. The predicted molar refractivity (Wildman–Crippen MR) is 112 cm³/mol. The van der Waals surface area contributed by atoms with Gasteiger partial charge in [-0.05, 0) is 18.4 Å². The first-order valence-corrected chi connectivity index (χ1v) is 9.66. The maximum Gasteiger partial charge on any atom is 0.230 e. The number of fused-ring (bicyclic) bond motifs is 2. The molecular formula is C23H19N5O. The number of rotatable bonds is 3. The number of nitrogens with one attached hydrogen (secondary N) is 1. The zero-order chi connectivity index (χ0) is 19.8. The molecule has 142 valence electrons. The second-order valence-electron chi connectivity index (χ2n) is 7.39. The van der Waals surface area contributed by atoms with E-state index >= 15 is 0 Å². The summed E-state index contributed by atoms with van der Waals surface area (Å²) in [6.45, 7) is 2.06. The van der Waals surface area contributed by atoms with Crippen LogP contribution in [0, 0.1) is 5.92 Å². The van der Waals surface area contributed by atoms with Gasteiger partial charge in [0.25, 0.3) is 0 Å². The highest BCUT2D eigenvalue weighted by molar-refractivity contribution is 5.98. The van der Waals surface area contributed by atoms with Crippen LogP contribution >= 0.6 is 0 Å². The van der Waals surface area contributed by atoms with Gasteiger partial charge in [-0.15, -0.1) is 0 Å². The molecule has 4 aromatic rings. The smallest absolute Gasteiger partial charge is 0.230 e. The van der Waals surface area contributed by atoms with Crippen molar-refractivity contribution < 1.29 is 4.79 Å². The lowest BCUT2D eigenvalue weighted by Crippen LogP contribution is -2.20. The summed E-state index contributed by atoms with van der Waals surface area (Å²) >= 11 is 0. The fourth-order valence-electron chi connectivity index (χ4n) is 3.74. The summed E-state index contributed by atoms with van der Waals surface area (Å²) in [5, 5.41) is 4.11. The summed E-state index contributed by atoms with van der Waals surface area (Å²) in [7, 11) is 0. The summed E-state index contributed by atoms with van der Waals surface area (Å²) < 4.78 is 0. The Balaban J connectivity index is 1.56. The normalized spacial score (nSPS) is 15.9. The first-order valence-electron chi connectivity index (χ1n) is 9.66. The minimum atomic E-state index is 0.110. The van der Waals surface area contributed by atoms with Gasteiger partial charge in [-0.1, -0.05) is 55.5 Å². The van der Waals surface area contributed by atoms with Crippen LogP contribution in [-0.4, -0.2) is 25.7 Å². The van der Waals surface area contributed by atoms with Crippen LogP contribution in [0.1, 0.15) is 29.4 Å². The molecule has 0 saturated heterocycles. The first kappa shape index (κ1) is 17.4. The monoisotopic (exact) mass is 381 g/mol. The Morgan fingerprint density at radius 2 is 1.69 bits per heavy atom. The number of carbonyl (C=O) groups is 1. The van der Waals surface area contributed by atoms with Gasteiger partial charge in [-0.2, -0.15) is 0 Å². The standard InChI is InChI=1S/C23H19N5O/c1-14-11-19-17(20(29)12-14)13-24-22(26-19)28-23-25-18-10-6-5-9-16(18)21(27-23)15-7-3-2-4-8-15/h2-10,13-14H,11-12H2,1H3,(H,24,25,26,27,28)/t14-/m0/s1. The number of anilines is 2. The summed E-state index contributed by atoms with van der Waals surface area (Å²) in [5.74, 6) is 1.23. The molecule has 29 heavy (non-hydrogen) atoms. The van der Waals surface area contributed by atoms with Crippen molar-refractivity contribution in [2.45, 2.75) is 19.8 Å². The van der Waals surface area contributed by atoms with Crippen molar-refractivity contribution in [3.05, 3.63) is 72.1 Å². The minimum Gasteiger partial charge on any atom is -0.294 e. The Morgan fingerprint density at radius 3 is 2.55 bits per heavy atom. The highest BCUT2D eigenvalue weighted by Crippen LogP contribution is 2.28. The zero-order valence-corrected chi connectivity index (χ0v) is 16.0. The molecule has 0 bridgehead atoms. The molecule has 0 radical (unpaired) electrons. The zero-order valence-electron chi connectivity index (χ0n) is 16.0. The van der Waals surface area contributed by atoms with Crippen LogP contribution in [0.15, 0.2) is 60.8 Å². The van der Waals surface area contributed by atoms with E-state index in [1.165, 1.54) is 0 Å². The average Bonchev–Trinajstić information content (AvgIpc) is 2.73. The van der Waals surface area contributed by atoms with Gasteiger partial charge < -0.3 is 0 Å². The highest BCUT2D eigenvalue weighted by atomic mass is 16.1. The van der Waals surface area contributed by atoms with Crippen LogP contribution in [-0.2, 0) is 6.42 Å². The average molecular weight is 381 g/mol. The van der Waals surface area contributed by atoms with E-state index in [9.17, 15) is 4.79 Å². The highest BCUT2D eigenvalue weighted by Gasteiger charge is 2.24. The van der Waals surface area contributed by atoms with Crippen molar-refractivity contribution in [3.63, 3.8) is 0 Å². The first-order chi connectivity index (χ1) is 14.2. The summed E-state index contributed by atoms with van der Waals surface area (Å²) in [5.41, 5.74) is 4.11. The summed E-state index contributed by atoms with van der Waals surface area (Å²) in [6.07, 6.45) is 2.93. The Bertz CT molecular complexity index is 1220. The Kier molecular flexibility index (Phi) is 4.24. The van der Waals surface area contributed by atoms with E-state index in [4.69, 9.17) is 4.98 Å². The number of aromatic nitrogens is 4. The SMILES string of the molecule is C[C@@H]1CC(=O)c2cnc(Nc3nc(-c4ccccc4)c4ccccc4n3)nc2C1. The van der Waals surface area contributed by atoms with Gasteiger partial charge >= 0.3 is 0 Å². The van der Waals surface area contributed by atoms with Gasteiger partial charge in [0.15, 0.2) is 5.78 Å². The molecule has 1 aliphatic rings. The van der Waals surface area contributed by atoms with Crippen molar-refractivity contribution in [1.29, 1.82) is 0 Å². The molecule has 2 aromatic carbocycles. The number of nitrogens with zero attached hydrogens (tertiary/aromatic N) is 4. The molecule has 6 nitrogen and oxygen atoms in total. The Hall–Kier alpha value is -3.67. The fourth-order valence-corrected chi connectivity index (χ4v) is 3.74. The number of hydrogen-bond acceptors (Lipinski definition) is 6. The number of ketones is 1. The van der Waals surface area contributed by atoms with E-state index in [-0.39, 0.29) is 5.78 Å². The van der Waals surface area contributed by atoms with Crippen molar-refractivity contribution >= 4 is 28.6 Å². The van der Waals surface area contributed by atoms with Crippen LogP contribution < -0.4 is 5.32 Å². The molecule has 0 aliphatic heterocycles. The third-order valence-corrected chi connectivity index (χ3v) is 5.12. The fraction of sp³-hybridized carbons (Fsp3) is 0.174. The lowest BCUT2D eigenvalue weighted by atomic mass is 9.88. The molecule has 0 spiro atoms. The summed E-state index contributed by atoms with van der Waals surface area (Å²) in [4.78, 5) is 30.4. The van der Waals surface area contributed by atoms with Gasteiger partial charge in [-0.25, -0.2) is 19.9 Å². The van der Waals surface area contributed by atoms with Crippen LogP contribution in [0.25, 0.3) is 22.2 Å². The van der Waals surface area contributed by atoms with E-state index < -0.39 is 0 Å². The van der Waals surface area contributed by atoms with Crippen LogP contribution in [0.2, 0.25) is 0 Å². The molecule has 2 aromatic heterocycles. The molecule has 1 atom stereocenters. The van der Waals surface area contributed by atoms with Gasteiger partial charge in [0.05, 0.1) is 22.5 Å². The van der Waals surface area contributed by atoms with Gasteiger partial charge in [-0.3, -0.25) is 10.1 Å². The van der Waals surface area contributed by atoms with E-state index in [0.717, 1.165) is 34.3 Å². The number of carbonyl (C=O) groups excluding carboxylic acids is 1.